The highest BCUT2D eigenvalue weighted by molar-refractivity contribution is 7.12. The summed E-state index contributed by atoms with van der Waals surface area (Å²) in [5.41, 5.74) is 3.54. The van der Waals surface area contributed by atoms with Crippen LogP contribution in [0.3, 0.4) is 0 Å². The van der Waals surface area contributed by atoms with Crippen LogP contribution in [0.2, 0.25) is 0 Å². The van der Waals surface area contributed by atoms with Crippen LogP contribution in [0.15, 0.2) is 35.7 Å². The Labute approximate surface area is 192 Å². The molecular formula is C27H39NO2S. The molecule has 0 saturated carbocycles. The van der Waals surface area contributed by atoms with E-state index in [0.29, 0.717) is 31.8 Å². The normalized spacial score (nSPS) is 11.7. The van der Waals surface area contributed by atoms with E-state index in [2.05, 4.69) is 44.2 Å². The molecule has 0 aliphatic carbocycles. The van der Waals surface area contributed by atoms with Gasteiger partial charge in [-0.25, -0.2) is 0 Å². The first kappa shape index (κ1) is 25.3. The van der Waals surface area contributed by atoms with Gasteiger partial charge in [0.05, 0.1) is 4.88 Å². The van der Waals surface area contributed by atoms with E-state index in [9.17, 15) is 9.59 Å². The number of rotatable bonds is 12. The molecule has 0 radical (unpaired) electrons. The molecule has 31 heavy (non-hydrogen) atoms. The zero-order chi connectivity index (χ0) is 23.0. The highest BCUT2D eigenvalue weighted by Gasteiger charge is 2.28. The number of amides is 1. The summed E-state index contributed by atoms with van der Waals surface area (Å²) < 4.78 is 0. The van der Waals surface area contributed by atoms with Crippen LogP contribution in [0.5, 0.6) is 0 Å². The Bertz CT molecular complexity index is 844. The summed E-state index contributed by atoms with van der Waals surface area (Å²) in [6.45, 7) is 13.9. The van der Waals surface area contributed by atoms with Crippen LogP contribution < -0.4 is 0 Å². The second-order valence-corrected chi connectivity index (χ2v) is 10.4. The summed E-state index contributed by atoms with van der Waals surface area (Å²) in [4.78, 5) is 28.3. The van der Waals surface area contributed by atoms with Gasteiger partial charge in [-0.3, -0.25) is 9.59 Å². The molecule has 1 amide bonds. The molecule has 0 unspecified atom stereocenters. The fraction of sp³-hybridized carbons (Fsp3) is 0.556. The van der Waals surface area contributed by atoms with Gasteiger partial charge in [0.1, 0.15) is 0 Å². The molecule has 3 nitrogen and oxygen atoms in total. The largest absolute Gasteiger partial charge is 0.343 e. The van der Waals surface area contributed by atoms with E-state index < -0.39 is 0 Å². The molecule has 1 aromatic carbocycles. The number of benzene rings is 1. The average molecular weight is 442 g/mol. The van der Waals surface area contributed by atoms with Gasteiger partial charge in [-0.2, -0.15) is 0 Å². The Hall–Kier alpha value is -1.94. The van der Waals surface area contributed by atoms with E-state index in [-0.39, 0.29) is 17.1 Å². The van der Waals surface area contributed by atoms with Crippen LogP contribution in [-0.2, 0) is 17.6 Å². The Morgan fingerprint density at radius 1 is 0.968 bits per heavy atom. The number of carbonyl (C=O) groups is 2. The van der Waals surface area contributed by atoms with E-state index in [0.717, 1.165) is 29.7 Å². The van der Waals surface area contributed by atoms with Gasteiger partial charge in [0.25, 0.3) is 0 Å². The van der Waals surface area contributed by atoms with Gasteiger partial charge in [0, 0.05) is 25.9 Å². The van der Waals surface area contributed by atoms with Gasteiger partial charge in [-0.05, 0) is 72.6 Å². The number of carbonyl (C=O) groups excluding carboxylic acids is 2. The first-order valence-corrected chi connectivity index (χ1v) is 12.5. The molecule has 0 atom stereocenters. The standard InChI is InChI=1S/C27H39NO2S/c1-7-28(8-2)25(30)19-27(5,6)18-24(29)26-23(16-17-31-26)11-9-10-21-12-14-22(15-13-21)20(3)4/h12-17,20H,7-11,18-19H2,1-6H3. The van der Waals surface area contributed by atoms with Crippen molar-refractivity contribution in [3.05, 3.63) is 57.3 Å². The number of Topliss-reactive ketones (excluding diaryl/α,β-unsaturated/α-hetero) is 1. The van der Waals surface area contributed by atoms with Crippen molar-refractivity contribution in [2.75, 3.05) is 13.1 Å². The highest BCUT2D eigenvalue weighted by Crippen LogP contribution is 2.31. The van der Waals surface area contributed by atoms with Gasteiger partial charge < -0.3 is 4.90 Å². The van der Waals surface area contributed by atoms with Crippen LogP contribution in [0.25, 0.3) is 0 Å². The SMILES string of the molecule is CCN(CC)C(=O)CC(C)(C)CC(=O)c1sccc1CCCc1ccc(C(C)C)cc1. The van der Waals surface area contributed by atoms with Crippen molar-refractivity contribution >= 4 is 23.0 Å². The zero-order valence-corrected chi connectivity index (χ0v) is 21.0. The molecule has 0 N–H and O–H groups in total. The van der Waals surface area contributed by atoms with Gasteiger partial charge in [-0.15, -0.1) is 11.3 Å². The van der Waals surface area contributed by atoms with Crippen LogP contribution in [0, 0.1) is 5.41 Å². The second-order valence-electron chi connectivity index (χ2n) is 9.53. The second kappa shape index (κ2) is 11.6. The Kier molecular flexibility index (Phi) is 9.49. The lowest BCUT2D eigenvalue weighted by Gasteiger charge is -2.27. The summed E-state index contributed by atoms with van der Waals surface area (Å²) in [5, 5.41) is 2.02. The van der Waals surface area contributed by atoms with E-state index in [4.69, 9.17) is 0 Å². The molecule has 0 bridgehead atoms. The first-order valence-electron chi connectivity index (χ1n) is 11.6. The third-order valence-electron chi connectivity index (χ3n) is 5.94. The summed E-state index contributed by atoms with van der Waals surface area (Å²) in [6, 6.07) is 11.0. The van der Waals surface area contributed by atoms with Gasteiger partial charge in [0.15, 0.2) is 5.78 Å². The monoisotopic (exact) mass is 441 g/mol. The van der Waals surface area contributed by atoms with Crippen LogP contribution in [-0.4, -0.2) is 29.7 Å². The fourth-order valence-electron chi connectivity index (χ4n) is 4.00. The number of aryl methyl sites for hydroxylation is 2. The molecule has 4 heteroatoms. The van der Waals surface area contributed by atoms with E-state index in [1.807, 2.05) is 38.0 Å². The third-order valence-corrected chi connectivity index (χ3v) is 6.94. The number of ketones is 1. The van der Waals surface area contributed by atoms with Gasteiger partial charge >= 0.3 is 0 Å². The minimum absolute atomic E-state index is 0.137. The molecule has 1 aromatic heterocycles. The molecule has 0 aliphatic rings. The topological polar surface area (TPSA) is 37.4 Å². The van der Waals surface area contributed by atoms with E-state index in [1.54, 1.807) is 0 Å². The first-order chi connectivity index (χ1) is 14.7. The number of hydrogen-bond donors (Lipinski definition) is 0. The molecule has 170 valence electrons. The summed E-state index contributed by atoms with van der Waals surface area (Å²) in [6.07, 6.45) is 3.78. The van der Waals surface area contributed by atoms with Crippen LogP contribution in [0.1, 0.15) is 93.1 Å². The number of nitrogens with zero attached hydrogens (tertiary/aromatic N) is 1. The Balaban J connectivity index is 1.92. The Morgan fingerprint density at radius 2 is 1.61 bits per heavy atom. The van der Waals surface area contributed by atoms with Crippen molar-refractivity contribution in [1.29, 1.82) is 0 Å². The maximum atomic E-state index is 13.1. The fourth-order valence-corrected chi connectivity index (χ4v) is 4.90. The lowest BCUT2D eigenvalue weighted by Crippen LogP contribution is -2.34. The van der Waals surface area contributed by atoms with E-state index >= 15 is 0 Å². The summed E-state index contributed by atoms with van der Waals surface area (Å²) in [7, 11) is 0. The van der Waals surface area contributed by atoms with Crippen molar-refractivity contribution in [1.82, 2.24) is 4.90 Å². The molecular weight excluding hydrogens is 402 g/mol. The van der Waals surface area contributed by atoms with Crippen molar-refractivity contribution < 1.29 is 9.59 Å². The number of hydrogen-bond acceptors (Lipinski definition) is 3. The highest BCUT2D eigenvalue weighted by atomic mass is 32.1. The smallest absolute Gasteiger partial charge is 0.223 e. The molecule has 2 rings (SSSR count). The van der Waals surface area contributed by atoms with Crippen molar-refractivity contribution in [3.63, 3.8) is 0 Å². The minimum Gasteiger partial charge on any atom is -0.343 e. The molecule has 0 aliphatic heterocycles. The van der Waals surface area contributed by atoms with E-state index in [1.165, 1.54) is 22.5 Å². The maximum Gasteiger partial charge on any atom is 0.223 e. The zero-order valence-electron chi connectivity index (χ0n) is 20.2. The summed E-state index contributed by atoms with van der Waals surface area (Å²) >= 11 is 1.54. The predicted octanol–water partition coefficient (Wildman–Crippen LogP) is 6.90. The minimum atomic E-state index is -0.337. The van der Waals surface area contributed by atoms with Crippen molar-refractivity contribution in [2.45, 2.75) is 79.6 Å². The lowest BCUT2D eigenvalue weighted by atomic mass is 9.82. The number of thiophene rings is 1. The van der Waals surface area contributed by atoms with Crippen LogP contribution >= 0.6 is 11.3 Å². The van der Waals surface area contributed by atoms with Crippen molar-refractivity contribution in [2.24, 2.45) is 5.41 Å². The molecule has 0 fully saturated rings. The van der Waals surface area contributed by atoms with Gasteiger partial charge in [-0.1, -0.05) is 52.0 Å². The predicted molar refractivity (Wildman–Crippen MR) is 132 cm³/mol. The van der Waals surface area contributed by atoms with Gasteiger partial charge in [0.2, 0.25) is 5.91 Å². The summed E-state index contributed by atoms with van der Waals surface area (Å²) in [5.74, 6) is 0.862. The quantitative estimate of drug-likeness (QED) is 0.336. The maximum absolute atomic E-state index is 13.1. The lowest BCUT2D eigenvalue weighted by molar-refractivity contribution is -0.132. The molecule has 1 heterocycles. The average Bonchev–Trinajstić information content (AvgIpc) is 3.17. The third kappa shape index (κ3) is 7.60. The van der Waals surface area contributed by atoms with Crippen LogP contribution in [0.4, 0.5) is 0 Å². The molecule has 0 spiro atoms. The molecule has 0 saturated heterocycles. The Morgan fingerprint density at radius 3 is 2.19 bits per heavy atom. The molecule has 2 aromatic rings. The van der Waals surface area contributed by atoms with Crippen molar-refractivity contribution in [3.8, 4) is 0 Å².